The first-order chi connectivity index (χ1) is 18.8. The third-order valence-electron chi connectivity index (χ3n) is 9.36. The molecule has 0 aromatic heterocycles. The molecule has 0 heterocycles. The van der Waals surface area contributed by atoms with Crippen molar-refractivity contribution in [3.05, 3.63) is 123 Å². The number of benzene rings is 5. The number of hydrogen-bond donors (Lipinski definition) is 0. The molecule has 0 spiro atoms. The van der Waals surface area contributed by atoms with Gasteiger partial charge in [0, 0.05) is 26.0 Å². The molecule has 1 fully saturated rings. The van der Waals surface area contributed by atoms with Gasteiger partial charge in [0.25, 0.3) is 0 Å². The molecule has 194 valence electrons. The van der Waals surface area contributed by atoms with Crippen molar-refractivity contribution in [1.29, 1.82) is 0 Å². The second-order valence-corrected chi connectivity index (χ2v) is 13.7. The summed E-state index contributed by atoms with van der Waals surface area (Å²) in [5.41, 5.74) is 9.80. The van der Waals surface area contributed by atoms with Gasteiger partial charge in [-0.3, -0.25) is 0 Å². The first-order valence-electron chi connectivity index (χ1n) is 13.8. The average molecular weight is 637 g/mol. The number of hydrogen-bond acceptors (Lipinski definition) is 1. The summed E-state index contributed by atoms with van der Waals surface area (Å²) in [6, 6.07) is 38.1. The standard InChI is InChI=1S/C36H31Br2N/c1-35-17-19-36(2,20-18-35)34-22-25(7-16-33(34)35)32-23-30(21-24-5-3-4-6-31(24)32)39(28-12-8-26(37)9-13-28)29-14-10-27(38)11-15-29/h3-16,21-23H,17-20H2,1-2H3. The largest absolute Gasteiger partial charge is 0.310 e. The Labute approximate surface area is 248 Å². The Kier molecular flexibility index (Phi) is 6.02. The summed E-state index contributed by atoms with van der Waals surface area (Å²) >= 11 is 7.24. The Morgan fingerprint density at radius 3 is 1.74 bits per heavy atom. The van der Waals surface area contributed by atoms with Crippen LogP contribution in [-0.2, 0) is 10.8 Å². The summed E-state index contributed by atoms with van der Waals surface area (Å²) in [4.78, 5) is 2.36. The molecule has 8 rings (SSSR count). The quantitative estimate of drug-likeness (QED) is 0.190. The molecule has 0 atom stereocenters. The Morgan fingerprint density at radius 2 is 1.13 bits per heavy atom. The fraction of sp³-hybridized carbons (Fsp3) is 0.222. The molecule has 3 aliphatic rings. The maximum Gasteiger partial charge on any atom is 0.0474 e. The lowest BCUT2D eigenvalue weighted by atomic mass is 9.52. The molecule has 2 bridgehead atoms. The highest BCUT2D eigenvalue weighted by Crippen LogP contribution is 2.57. The number of nitrogens with zero attached hydrogens (tertiary/aromatic N) is 1. The van der Waals surface area contributed by atoms with Crippen LogP contribution in [0.5, 0.6) is 0 Å². The number of halogens is 2. The van der Waals surface area contributed by atoms with Crippen LogP contribution in [0, 0.1) is 0 Å². The van der Waals surface area contributed by atoms with Crippen LogP contribution < -0.4 is 4.90 Å². The Balaban J connectivity index is 1.45. The maximum atomic E-state index is 3.62. The molecule has 5 aromatic rings. The lowest BCUT2D eigenvalue weighted by Gasteiger charge is -2.52. The van der Waals surface area contributed by atoms with Gasteiger partial charge in [0.1, 0.15) is 0 Å². The van der Waals surface area contributed by atoms with E-state index in [2.05, 4.69) is 154 Å². The third kappa shape index (κ3) is 4.26. The number of anilines is 3. The van der Waals surface area contributed by atoms with Crippen molar-refractivity contribution in [2.24, 2.45) is 0 Å². The fourth-order valence-electron chi connectivity index (χ4n) is 6.92. The van der Waals surface area contributed by atoms with E-state index in [9.17, 15) is 0 Å². The lowest BCUT2D eigenvalue weighted by Crippen LogP contribution is -2.44. The molecule has 5 aromatic carbocycles. The van der Waals surface area contributed by atoms with Crippen molar-refractivity contribution < 1.29 is 0 Å². The van der Waals surface area contributed by atoms with Gasteiger partial charge in [0.15, 0.2) is 0 Å². The van der Waals surface area contributed by atoms with Crippen LogP contribution in [0.25, 0.3) is 21.9 Å². The normalized spacial score (nSPS) is 21.6. The lowest BCUT2D eigenvalue weighted by molar-refractivity contribution is 0.188. The van der Waals surface area contributed by atoms with Gasteiger partial charge < -0.3 is 4.90 Å². The van der Waals surface area contributed by atoms with E-state index >= 15 is 0 Å². The van der Waals surface area contributed by atoms with Gasteiger partial charge in [-0.2, -0.15) is 0 Å². The summed E-state index contributed by atoms with van der Waals surface area (Å²) < 4.78 is 2.15. The highest BCUT2D eigenvalue weighted by Gasteiger charge is 2.47. The topological polar surface area (TPSA) is 3.24 Å². The van der Waals surface area contributed by atoms with Crippen molar-refractivity contribution in [3.8, 4) is 11.1 Å². The van der Waals surface area contributed by atoms with E-state index < -0.39 is 0 Å². The van der Waals surface area contributed by atoms with Crippen molar-refractivity contribution >= 4 is 59.7 Å². The van der Waals surface area contributed by atoms with Gasteiger partial charge in [-0.15, -0.1) is 0 Å². The van der Waals surface area contributed by atoms with Crippen LogP contribution in [0.2, 0.25) is 0 Å². The molecule has 1 saturated carbocycles. The van der Waals surface area contributed by atoms with Crippen LogP contribution in [0.15, 0.2) is 112 Å². The van der Waals surface area contributed by atoms with Gasteiger partial charge in [-0.1, -0.05) is 88.2 Å². The molecule has 1 nitrogen and oxygen atoms in total. The number of rotatable bonds is 4. The van der Waals surface area contributed by atoms with E-state index in [0.29, 0.717) is 5.41 Å². The van der Waals surface area contributed by atoms with Crippen LogP contribution >= 0.6 is 31.9 Å². The fourth-order valence-corrected chi connectivity index (χ4v) is 7.45. The molecule has 0 N–H and O–H groups in total. The van der Waals surface area contributed by atoms with Crippen LogP contribution in [0.1, 0.15) is 50.7 Å². The average Bonchev–Trinajstić information content (AvgIpc) is 2.96. The summed E-state index contributed by atoms with van der Waals surface area (Å²) in [5.74, 6) is 0. The van der Waals surface area contributed by atoms with E-state index in [1.165, 1.54) is 47.6 Å². The van der Waals surface area contributed by atoms with Gasteiger partial charge in [-0.05, 0) is 130 Å². The monoisotopic (exact) mass is 635 g/mol. The molecule has 0 aliphatic heterocycles. The van der Waals surface area contributed by atoms with Crippen molar-refractivity contribution in [2.75, 3.05) is 4.90 Å². The molecule has 0 amide bonds. The third-order valence-corrected chi connectivity index (χ3v) is 10.4. The van der Waals surface area contributed by atoms with E-state index in [1.54, 1.807) is 11.1 Å². The van der Waals surface area contributed by atoms with E-state index in [1.807, 2.05) is 0 Å². The molecule has 0 unspecified atom stereocenters. The summed E-state index contributed by atoms with van der Waals surface area (Å²) in [6.07, 6.45) is 5.20. The molecule has 0 radical (unpaired) electrons. The summed E-state index contributed by atoms with van der Waals surface area (Å²) in [7, 11) is 0. The minimum absolute atomic E-state index is 0.289. The predicted molar refractivity (Wildman–Crippen MR) is 173 cm³/mol. The Morgan fingerprint density at radius 1 is 0.564 bits per heavy atom. The molecule has 3 aliphatic carbocycles. The van der Waals surface area contributed by atoms with E-state index in [4.69, 9.17) is 0 Å². The molecular weight excluding hydrogens is 606 g/mol. The summed E-state index contributed by atoms with van der Waals surface area (Å²) in [5, 5.41) is 2.55. The zero-order valence-electron chi connectivity index (χ0n) is 22.3. The summed E-state index contributed by atoms with van der Waals surface area (Å²) in [6.45, 7) is 4.97. The first kappa shape index (κ1) is 25.1. The second kappa shape index (κ2) is 9.35. The van der Waals surface area contributed by atoms with Crippen LogP contribution in [0.4, 0.5) is 17.1 Å². The smallest absolute Gasteiger partial charge is 0.0474 e. The minimum atomic E-state index is 0.289. The SMILES string of the molecule is CC12CCC(C)(CC1)c1cc(-c3cc(N(c4ccc(Br)cc4)c4ccc(Br)cc4)cc4ccccc34)ccc12. The molecular formula is C36H31Br2N. The van der Waals surface area contributed by atoms with Gasteiger partial charge in [0.05, 0.1) is 0 Å². The van der Waals surface area contributed by atoms with Crippen LogP contribution in [-0.4, -0.2) is 0 Å². The zero-order valence-corrected chi connectivity index (χ0v) is 25.5. The first-order valence-corrected chi connectivity index (χ1v) is 15.4. The van der Waals surface area contributed by atoms with Crippen molar-refractivity contribution in [1.82, 2.24) is 0 Å². The van der Waals surface area contributed by atoms with E-state index in [-0.39, 0.29) is 5.41 Å². The highest BCUT2D eigenvalue weighted by molar-refractivity contribution is 9.10. The van der Waals surface area contributed by atoms with Gasteiger partial charge in [0.2, 0.25) is 0 Å². The van der Waals surface area contributed by atoms with E-state index in [0.717, 1.165) is 26.0 Å². The molecule has 39 heavy (non-hydrogen) atoms. The Hall–Kier alpha value is -2.88. The molecule has 3 heteroatoms. The van der Waals surface area contributed by atoms with Crippen molar-refractivity contribution in [3.63, 3.8) is 0 Å². The Bertz CT molecular complexity index is 1650. The minimum Gasteiger partial charge on any atom is -0.310 e. The maximum absolute atomic E-state index is 3.62. The van der Waals surface area contributed by atoms with Gasteiger partial charge >= 0.3 is 0 Å². The second-order valence-electron chi connectivity index (χ2n) is 11.9. The zero-order chi connectivity index (χ0) is 26.8. The molecule has 0 saturated heterocycles. The van der Waals surface area contributed by atoms with Gasteiger partial charge in [-0.25, -0.2) is 0 Å². The predicted octanol–water partition coefficient (Wildman–Crippen LogP) is 11.6. The highest BCUT2D eigenvalue weighted by atomic mass is 79.9. The van der Waals surface area contributed by atoms with Crippen molar-refractivity contribution in [2.45, 2.75) is 50.4 Å². The number of fused-ring (bicyclic) bond motifs is 3. The van der Waals surface area contributed by atoms with Crippen LogP contribution in [0.3, 0.4) is 0 Å².